The molecule has 9 heteroatoms. The molecule has 2 aliphatic rings. The molecule has 0 radical (unpaired) electrons. The van der Waals surface area contributed by atoms with Crippen molar-refractivity contribution in [3.05, 3.63) is 70.7 Å². The SMILES string of the molecule is N#Cc1ccc(C2NC(=O)N(c3cccc(C(F)(F)F)c3)C3=C2C(=O)CCC3)nc1. The second-order valence-electron chi connectivity index (χ2n) is 6.99. The Morgan fingerprint density at radius 2 is 1.97 bits per heavy atom. The molecule has 4 rings (SSSR count). The molecule has 2 heterocycles. The second-order valence-corrected chi connectivity index (χ2v) is 6.99. The van der Waals surface area contributed by atoms with Crippen LogP contribution in [-0.2, 0) is 11.0 Å². The van der Waals surface area contributed by atoms with Crippen molar-refractivity contribution in [3.8, 4) is 6.07 Å². The molecule has 2 aromatic rings. The maximum Gasteiger partial charge on any atom is 0.416 e. The van der Waals surface area contributed by atoms with Crippen LogP contribution in [0.4, 0.5) is 23.7 Å². The van der Waals surface area contributed by atoms with E-state index in [9.17, 15) is 22.8 Å². The van der Waals surface area contributed by atoms with Crippen molar-refractivity contribution in [2.24, 2.45) is 0 Å². The summed E-state index contributed by atoms with van der Waals surface area (Å²) in [6.07, 6.45) is -2.08. The zero-order chi connectivity index (χ0) is 21.5. The first-order valence-corrected chi connectivity index (χ1v) is 9.20. The van der Waals surface area contributed by atoms with Gasteiger partial charge in [-0.25, -0.2) is 4.79 Å². The molecule has 1 unspecified atom stereocenters. The molecule has 0 spiro atoms. The van der Waals surface area contributed by atoms with Crippen molar-refractivity contribution in [1.29, 1.82) is 5.26 Å². The van der Waals surface area contributed by atoms with Gasteiger partial charge in [-0.05, 0) is 43.2 Å². The first-order valence-electron chi connectivity index (χ1n) is 9.20. The Morgan fingerprint density at radius 1 is 1.17 bits per heavy atom. The number of halogens is 3. The Labute approximate surface area is 169 Å². The first-order chi connectivity index (χ1) is 14.3. The molecule has 1 aromatic heterocycles. The number of hydrogen-bond acceptors (Lipinski definition) is 4. The van der Waals surface area contributed by atoms with Gasteiger partial charge in [-0.15, -0.1) is 0 Å². The van der Waals surface area contributed by atoms with Gasteiger partial charge in [0.1, 0.15) is 12.1 Å². The number of nitrogens with one attached hydrogen (secondary N) is 1. The van der Waals surface area contributed by atoms with Gasteiger partial charge in [-0.1, -0.05) is 6.07 Å². The highest BCUT2D eigenvalue weighted by molar-refractivity contribution is 6.06. The molecular formula is C21H15F3N4O2. The van der Waals surface area contributed by atoms with E-state index in [2.05, 4.69) is 10.3 Å². The van der Waals surface area contributed by atoms with Crippen molar-refractivity contribution in [2.45, 2.75) is 31.5 Å². The number of rotatable bonds is 2. The summed E-state index contributed by atoms with van der Waals surface area (Å²) >= 11 is 0. The third-order valence-corrected chi connectivity index (χ3v) is 5.10. The fourth-order valence-electron chi connectivity index (χ4n) is 3.75. The smallest absolute Gasteiger partial charge is 0.325 e. The zero-order valence-electron chi connectivity index (χ0n) is 15.5. The number of pyridine rings is 1. The molecule has 1 aliphatic heterocycles. The lowest BCUT2D eigenvalue weighted by Gasteiger charge is -2.38. The summed E-state index contributed by atoms with van der Waals surface area (Å²) in [4.78, 5) is 31.0. The van der Waals surface area contributed by atoms with Crippen LogP contribution >= 0.6 is 0 Å². The maximum absolute atomic E-state index is 13.2. The van der Waals surface area contributed by atoms with Gasteiger partial charge >= 0.3 is 12.2 Å². The van der Waals surface area contributed by atoms with Gasteiger partial charge in [-0.3, -0.25) is 14.7 Å². The predicted octanol–water partition coefficient (Wildman–Crippen LogP) is 4.25. The summed E-state index contributed by atoms with van der Waals surface area (Å²) in [5.74, 6) is -0.190. The van der Waals surface area contributed by atoms with E-state index in [4.69, 9.17) is 5.26 Å². The number of hydrogen-bond donors (Lipinski definition) is 1. The van der Waals surface area contributed by atoms with Crippen LogP contribution in [0.5, 0.6) is 0 Å². The summed E-state index contributed by atoms with van der Waals surface area (Å²) in [7, 11) is 0. The molecule has 0 fully saturated rings. The van der Waals surface area contributed by atoms with Crippen molar-refractivity contribution in [2.75, 3.05) is 4.90 Å². The summed E-state index contributed by atoms with van der Waals surface area (Å²) in [6, 6.07) is 8.01. The largest absolute Gasteiger partial charge is 0.416 e. The number of nitriles is 1. The van der Waals surface area contributed by atoms with Gasteiger partial charge in [0.2, 0.25) is 0 Å². The van der Waals surface area contributed by atoms with Gasteiger partial charge in [-0.2, -0.15) is 18.4 Å². The number of urea groups is 1. The summed E-state index contributed by atoms with van der Waals surface area (Å²) in [5.41, 5.74) is 0.564. The highest BCUT2D eigenvalue weighted by Crippen LogP contribution is 2.40. The van der Waals surface area contributed by atoms with E-state index in [-0.39, 0.29) is 17.9 Å². The Morgan fingerprint density at radius 3 is 2.63 bits per heavy atom. The van der Waals surface area contributed by atoms with Crippen LogP contribution in [0.2, 0.25) is 0 Å². The monoisotopic (exact) mass is 412 g/mol. The van der Waals surface area contributed by atoms with Gasteiger partial charge < -0.3 is 5.32 Å². The molecule has 1 aliphatic carbocycles. The van der Waals surface area contributed by atoms with Crippen molar-refractivity contribution in [1.82, 2.24) is 10.3 Å². The van der Waals surface area contributed by atoms with E-state index in [1.807, 2.05) is 6.07 Å². The molecular weight excluding hydrogens is 397 g/mol. The van der Waals surface area contributed by atoms with Crippen molar-refractivity contribution >= 4 is 17.5 Å². The van der Waals surface area contributed by atoms with E-state index in [0.717, 1.165) is 17.0 Å². The van der Waals surface area contributed by atoms with E-state index in [0.29, 0.717) is 35.4 Å². The van der Waals surface area contributed by atoms with Gasteiger partial charge in [0.25, 0.3) is 0 Å². The lowest BCUT2D eigenvalue weighted by Crippen LogP contribution is -2.49. The minimum atomic E-state index is -4.56. The average molecular weight is 412 g/mol. The highest BCUT2D eigenvalue weighted by atomic mass is 19.4. The minimum absolute atomic E-state index is 0.0377. The number of Topliss-reactive ketones (excluding diaryl/α,β-unsaturated/α-hetero) is 1. The van der Waals surface area contributed by atoms with Crippen LogP contribution < -0.4 is 10.2 Å². The summed E-state index contributed by atoms with van der Waals surface area (Å²) in [6.45, 7) is 0. The normalized spacial score (nSPS) is 19.3. The number of allylic oxidation sites excluding steroid dienone is 1. The molecule has 30 heavy (non-hydrogen) atoms. The molecule has 2 amide bonds. The Kier molecular flexibility index (Phi) is 4.78. The third kappa shape index (κ3) is 3.41. The lowest BCUT2D eigenvalue weighted by atomic mass is 9.86. The van der Waals surface area contributed by atoms with E-state index < -0.39 is 23.8 Å². The van der Waals surface area contributed by atoms with E-state index >= 15 is 0 Å². The Balaban J connectivity index is 1.83. The van der Waals surface area contributed by atoms with Gasteiger partial charge in [0.15, 0.2) is 5.78 Å². The highest BCUT2D eigenvalue weighted by Gasteiger charge is 2.40. The summed E-state index contributed by atoms with van der Waals surface area (Å²) < 4.78 is 39.5. The number of carbonyl (C=O) groups is 2. The molecule has 6 nitrogen and oxygen atoms in total. The standard InChI is InChI=1S/C21H15F3N4O2/c22-21(23,24)13-3-1-4-14(9-13)28-16-5-2-6-17(29)18(16)19(27-20(28)30)15-8-7-12(10-25)11-26-15/h1,3-4,7-9,11,19H,2,5-6H2,(H,27,30). The molecule has 152 valence electrons. The predicted molar refractivity (Wildman–Crippen MR) is 100 cm³/mol. The van der Waals surface area contributed by atoms with Crippen LogP contribution in [0, 0.1) is 11.3 Å². The number of alkyl halides is 3. The van der Waals surface area contributed by atoms with Crippen LogP contribution in [0.15, 0.2) is 53.9 Å². The van der Waals surface area contributed by atoms with Gasteiger partial charge in [0.05, 0.1) is 22.5 Å². The molecule has 0 saturated heterocycles. The number of anilines is 1. The number of benzene rings is 1. The number of amides is 2. The van der Waals surface area contributed by atoms with E-state index in [1.54, 1.807) is 6.07 Å². The number of carbonyl (C=O) groups excluding carboxylic acids is 2. The topological polar surface area (TPSA) is 86.1 Å². The maximum atomic E-state index is 13.2. The number of nitrogens with zero attached hydrogens (tertiary/aromatic N) is 3. The van der Waals surface area contributed by atoms with E-state index in [1.165, 1.54) is 24.4 Å². The van der Waals surface area contributed by atoms with Crippen molar-refractivity contribution in [3.63, 3.8) is 0 Å². The number of aromatic nitrogens is 1. The molecule has 1 N–H and O–H groups in total. The average Bonchev–Trinajstić information content (AvgIpc) is 2.73. The second kappa shape index (κ2) is 7.30. The van der Waals surface area contributed by atoms with Crippen LogP contribution in [0.25, 0.3) is 0 Å². The lowest BCUT2D eigenvalue weighted by molar-refractivity contribution is -0.137. The molecule has 1 atom stereocenters. The minimum Gasteiger partial charge on any atom is -0.325 e. The quantitative estimate of drug-likeness (QED) is 0.799. The first kappa shape index (κ1) is 19.6. The summed E-state index contributed by atoms with van der Waals surface area (Å²) in [5, 5.41) is 11.6. The Hall–Kier alpha value is -3.67. The third-order valence-electron chi connectivity index (χ3n) is 5.10. The fourth-order valence-corrected chi connectivity index (χ4v) is 3.75. The van der Waals surface area contributed by atoms with Gasteiger partial charge in [0, 0.05) is 23.9 Å². The number of ketones is 1. The Bertz CT molecular complexity index is 1100. The van der Waals surface area contributed by atoms with Crippen LogP contribution in [0.3, 0.4) is 0 Å². The zero-order valence-corrected chi connectivity index (χ0v) is 15.5. The molecule has 1 aromatic carbocycles. The molecule has 0 saturated carbocycles. The van der Waals surface area contributed by atoms with Crippen molar-refractivity contribution < 1.29 is 22.8 Å². The van der Waals surface area contributed by atoms with Crippen LogP contribution in [0.1, 0.15) is 42.1 Å². The fraction of sp³-hybridized carbons (Fsp3) is 0.238. The van der Waals surface area contributed by atoms with Crippen LogP contribution in [-0.4, -0.2) is 16.8 Å². The molecule has 0 bridgehead atoms.